The normalized spacial score (nSPS) is 21.0. The third-order valence-corrected chi connectivity index (χ3v) is 7.99. The highest BCUT2D eigenvalue weighted by atomic mass is 16.3. The molecule has 0 saturated carbocycles. The Morgan fingerprint density at radius 1 is 0.732 bits per heavy atom. The topological polar surface area (TPSA) is 72.8 Å². The van der Waals surface area contributed by atoms with E-state index in [1.165, 1.54) is 0 Å². The number of hydrogen-bond donors (Lipinski definition) is 3. The van der Waals surface area contributed by atoms with E-state index >= 15 is 0 Å². The molecule has 5 heteroatoms. The molecule has 4 aromatic carbocycles. The SMILES string of the molecule is O=C(NCc1ccccc1)[C@H](Cc1ccccc1)N(Cc1ccccc1)[C@H]1[C@@H](O)[C@@H](c2ccccc2)C=C[C@@H]1CO. The molecule has 0 bridgehead atoms. The summed E-state index contributed by atoms with van der Waals surface area (Å²) in [6.45, 7) is 0.729. The standard InChI is InChI=1S/C36H38N2O3/c39-26-31-21-22-32(30-19-11-4-12-20-30)35(40)34(31)38(25-29-17-9-3-10-18-29)33(23-27-13-5-1-6-14-27)36(41)37-24-28-15-7-2-8-16-28/h1-22,31-35,39-40H,23-26H2,(H,37,41)/t31-,32-,33+,34-,35+/m1/s1. The maximum absolute atomic E-state index is 14.1. The van der Waals surface area contributed by atoms with Gasteiger partial charge in [0, 0.05) is 31.0 Å². The Bertz CT molecular complexity index is 1380. The zero-order chi connectivity index (χ0) is 28.4. The summed E-state index contributed by atoms with van der Waals surface area (Å²) in [5.41, 5.74) is 4.10. The number of aliphatic hydroxyl groups is 2. The average molecular weight is 547 g/mol. The van der Waals surface area contributed by atoms with Crippen molar-refractivity contribution in [3.05, 3.63) is 156 Å². The molecular formula is C36H38N2O3. The molecule has 4 aromatic rings. The monoisotopic (exact) mass is 546 g/mol. The average Bonchev–Trinajstić information content (AvgIpc) is 3.03. The molecule has 0 radical (unpaired) electrons. The molecule has 0 unspecified atom stereocenters. The lowest BCUT2D eigenvalue weighted by Gasteiger charge is -2.46. The predicted octanol–water partition coefficient (Wildman–Crippen LogP) is 5.11. The van der Waals surface area contributed by atoms with E-state index in [4.69, 9.17) is 0 Å². The van der Waals surface area contributed by atoms with Crippen molar-refractivity contribution in [1.82, 2.24) is 10.2 Å². The van der Waals surface area contributed by atoms with Gasteiger partial charge < -0.3 is 15.5 Å². The molecule has 1 aliphatic carbocycles. The van der Waals surface area contributed by atoms with Crippen molar-refractivity contribution in [3.63, 3.8) is 0 Å². The van der Waals surface area contributed by atoms with Gasteiger partial charge in [0.2, 0.25) is 5.91 Å². The molecule has 0 fully saturated rings. The van der Waals surface area contributed by atoms with E-state index in [0.29, 0.717) is 19.5 Å². The molecule has 0 aliphatic heterocycles. The number of carbonyl (C=O) groups is 1. The van der Waals surface area contributed by atoms with Crippen LogP contribution in [0.15, 0.2) is 133 Å². The first-order valence-electron chi connectivity index (χ1n) is 14.3. The molecule has 1 aliphatic rings. The minimum Gasteiger partial charge on any atom is -0.396 e. The van der Waals surface area contributed by atoms with Gasteiger partial charge in [0.1, 0.15) is 0 Å². The van der Waals surface area contributed by atoms with Crippen LogP contribution in [0.2, 0.25) is 0 Å². The second-order valence-corrected chi connectivity index (χ2v) is 10.7. The quantitative estimate of drug-likeness (QED) is 0.229. The summed E-state index contributed by atoms with van der Waals surface area (Å²) in [5, 5.41) is 25.7. The number of benzene rings is 4. The van der Waals surface area contributed by atoms with Crippen molar-refractivity contribution >= 4 is 5.91 Å². The molecule has 3 N–H and O–H groups in total. The Morgan fingerprint density at radius 2 is 1.27 bits per heavy atom. The van der Waals surface area contributed by atoms with Gasteiger partial charge in [-0.15, -0.1) is 0 Å². The van der Waals surface area contributed by atoms with Gasteiger partial charge in [-0.25, -0.2) is 0 Å². The lowest BCUT2D eigenvalue weighted by molar-refractivity contribution is -0.130. The van der Waals surface area contributed by atoms with Gasteiger partial charge in [-0.1, -0.05) is 133 Å². The smallest absolute Gasteiger partial charge is 0.237 e. The minimum absolute atomic E-state index is 0.108. The third kappa shape index (κ3) is 7.19. The van der Waals surface area contributed by atoms with E-state index in [-0.39, 0.29) is 24.3 Å². The highest BCUT2D eigenvalue weighted by molar-refractivity contribution is 5.82. The van der Waals surface area contributed by atoms with Gasteiger partial charge in [-0.2, -0.15) is 0 Å². The summed E-state index contributed by atoms with van der Waals surface area (Å²) in [5.74, 6) is -0.704. The molecule has 0 spiro atoms. The first-order valence-corrected chi connectivity index (χ1v) is 14.3. The first-order chi connectivity index (χ1) is 20.1. The highest BCUT2D eigenvalue weighted by Crippen LogP contribution is 2.36. The Labute approximate surface area is 242 Å². The number of carbonyl (C=O) groups excluding carboxylic acids is 1. The fourth-order valence-electron chi connectivity index (χ4n) is 5.87. The van der Waals surface area contributed by atoms with Crippen LogP contribution in [-0.4, -0.2) is 45.8 Å². The molecule has 0 aromatic heterocycles. The number of hydrogen-bond acceptors (Lipinski definition) is 4. The van der Waals surface area contributed by atoms with Crippen molar-refractivity contribution in [1.29, 1.82) is 0 Å². The lowest BCUT2D eigenvalue weighted by atomic mass is 9.77. The van der Waals surface area contributed by atoms with E-state index in [9.17, 15) is 15.0 Å². The third-order valence-electron chi connectivity index (χ3n) is 7.99. The second-order valence-electron chi connectivity index (χ2n) is 10.7. The molecule has 5 atom stereocenters. The molecule has 0 saturated heterocycles. The Hall–Kier alpha value is -4.03. The van der Waals surface area contributed by atoms with Crippen molar-refractivity contribution in [3.8, 4) is 0 Å². The highest BCUT2D eigenvalue weighted by Gasteiger charge is 2.43. The summed E-state index contributed by atoms with van der Waals surface area (Å²) in [4.78, 5) is 16.3. The minimum atomic E-state index is -0.830. The molecule has 210 valence electrons. The maximum atomic E-state index is 14.1. The second kappa shape index (κ2) is 14.0. The number of nitrogens with zero attached hydrogens (tertiary/aromatic N) is 1. The van der Waals surface area contributed by atoms with Gasteiger partial charge in [-0.3, -0.25) is 9.69 Å². The van der Waals surface area contributed by atoms with Crippen molar-refractivity contribution in [2.75, 3.05) is 6.61 Å². The van der Waals surface area contributed by atoms with Crippen LogP contribution in [0.4, 0.5) is 0 Å². The number of nitrogens with one attached hydrogen (secondary N) is 1. The fraction of sp³-hybridized carbons (Fsp3) is 0.250. The molecule has 5 nitrogen and oxygen atoms in total. The van der Waals surface area contributed by atoms with Crippen LogP contribution in [-0.2, 0) is 24.3 Å². The van der Waals surface area contributed by atoms with Crippen LogP contribution in [0.25, 0.3) is 0 Å². The van der Waals surface area contributed by atoms with Crippen LogP contribution in [0.5, 0.6) is 0 Å². The summed E-state index contributed by atoms with van der Waals surface area (Å²) in [7, 11) is 0. The molecule has 0 heterocycles. The number of aliphatic hydroxyl groups excluding tert-OH is 2. The van der Waals surface area contributed by atoms with Gasteiger partial charge in [0.15, 0.2) is 0 Å². The molecular weight excluding hydrogens is 508 g/mol. The Kier molecular flexibility index (Phi) is 9.76. The predicted molar refractivity (Wildman–Crippen MR) is 163 cm³/mol. The van der Waals surface area contributed by atoms with Gasteiger partial charge in [0.25, 0.3) is 0 Å². The van der Waals surface area contributed by atoms with Crippen LogP contribution in [0.1, 0.15) is 28.2 Å². The van der Waals surface area contributed by atoms with E-state index < -0.39 is 18.2 Å². The Morgan fingerprint density at radius 3 is 1.85 bits per heavy atom. The van der Waals surface area contributed by atoms with Crippen LogP contribution in [0, 0.1) is 5.92 Å². The molecule has 41 heavy (non-hydrogen) atoms. The summed E-state index contributed by atoms with van der Waals surface area (Å²) < 4.78 is 0. The summed E-state index contributed by atoms with van der Waals surface area (Å²) in [6, 6.07) is 38.8. The van der Waals surface area contributed by atoms with Crippen LogP contribution in [0.3, 0.4) is 0 Å². The van der Waals surface area contributed by atoms with E-state index in [1.54, 1.807) is 0 Å². The van der Waals surface area contributed by atoms with Crippen molar-refractivity contribution in [2.24, 2.45) is 5.92 Å². The van der Waals surface area contributed by atoms with Crippen LogP contribution < -0.4 is 5.32 Å². The first kappa shape index (κ1) is 28.5. The maximum Gasteiger partial charge on any atom is 0.237 e. The van der Waals surface area contributed by atoms with Crippen molar-refractivity contribution in [2.45, 2.75) is 43.6 Å². The number of amides is 1. The van der Waals surface area contributed by atoms with Gasteiger partial charge in [-0.05, 0) is 28.7 Å². The van der Waals surface area contributed by atoms with E-state index in [0.717, 1.165) is 22.3 Å². The zero-order valence-corrected chi connectivity index (χ0v) is 23.2. The summed E-state index contributed by atoms with van der Waals surface area (Å²) in [6.07, 6.45) is 3.65. The van der Waals surface area contributed by atoms with Crippen molar-refractivity contribution < 1.29 is 15.0 Å². The largest absolute Gasteiger partial charge is 0.396 e. The van der Waals surface area contributed by atoms with Gasteiger partial charge in [0.05, 0.1) is 18.8 Å². The summed E-state index contributed by atoms with van der Waals surface area (Å²) >= 11 is 0. The molecule has 1 amide bonds. The zero-order valence-electron chi connectivity index (χ0n) is 23.2. The molecule has 5 rings (SSSR count). The van der Waals surface area contributed by atoms with Crippen LogP contribution >= 0.6 is 0 Å². The lowest BCUT2D eigenvalue weighted by Crippen LogP contribution is -2.59. The fourth-order valence-corrected chi connectivity index (χ4v) is 5.87. The van der Waals surface area contributed by atoms with E-state index in [1.807, 2.05) is 133 Å². The van der Waals surface area contributed by atoms with E-state index in [2.05, 4.69) is 10.2 Å². The Balaban J connectivity index is 1.54. The number of rotatable bonds is 11. The van der Waals surface area contributed by atoms with Gasteiger partial charge >= 0.3 is 0 Å².